The highest BCUT2D eigenvalue weighted by molar-refractivity contribution is 5.86. The fraction of sp³-hybridized carbons (Fsp3) is 0.182. The van der Waals surface area contributed by atoms with Crippen LogP contribution in [-0.4, -0.2) is 9.13 Å². The van der Waals surface area contributed by atoms with Crippen LogP contribution in [-0.2, 0) is 13.2 Å². The third kappa shape index (κ3) is 0.966. The van der Waals surface area contributed by atoms with Crippen LogP contribution < -0.4 is 11.4 Å². The molecule has 15 heavy (non-hydrogen) atoms. The van der Waals surface area contributed by atoms with E-state index in [4.69, 9.17) is 5.73 Å². The summed E-state index contributed by atoms with van der Waals surface area (Å²) < 4.78 is 3.36. The predicted molar refractivity (Wildman–Crippen MR) is 59.4 cm³/mol. The van der Waals surface area contributed by atoms with Crippen LogP contribution in [0.2, 0.25) is 0 Å². The van der Waals surface area contributed by atoms with E-state index in [0.717, 1.165) is 16.6 Å². The van der Waals surface area contributed by atoms with Crippen LogP contribution in [0.1, 0.15) is 5.56 Å². The zero-order valence-corrected chi connectivity index (χ0v) is 8.18. The molecule has 76 valence electrons. The minimum absolute atomic E-state index is 0.0238. The molecule has 0 bridgehead atoms. The van der Waals surface area contributed by atoms with Gasteiger partial charge in [0.2, 0.25) is 0 Å². The molecule has 0 saturated carbocycles. The van der Waals surface area contributed by atoms with Crippen molar-refractivity contribution in [3.8, 4) is 0 Å². The van der Waals surface area contributed by atoms with Gasteiger partial charge in [0.05, 0.1) is 17.7 Å². The molecule has 1 aliphatic rings. The number of hydrogen-bond acceptors (Lipinski definition) is 2. The smallest absolute Gasteiger partial charge is 0.313 e. The van der Waals surface area contributed by atoms with Gasteiger partial charge in [-0.15, -0.1) is 0 Å². The Kier molecular flexibility index (Phi) is 1.61. The number of para-hydroxylation sites is 1. The van der Waals surface area contributed by atoms with E-state index < -0.39 is 0 Å². The van der Waals surface area contributed by atoms with Gasteiger partial charge in [0.1, 0.15) is 0 Å². The second-order valence-corrected chi connectivity index (χ2v) is 3.62. The topological polar surface area (TPSA) is 52.9 Å². The molecule has 2 N–H and O–H groups in total. The molecule has 3 rings (SSSR count). The Labute approximate surface area is 86.2 Å². The summed E-state index contributed by atoms with van der Waals surface area (Å²) >= 11 is 0. The summed E-state index contributed by atoms with van der Waals surface area (Å²) in [5.41, 5.74) is 8.56. The molecular weight excluding hydrogens is 190 g/mol. The summed E-state index contributed by atoms with van der Waals surface area (Å²) in [4.78, 5) is 11.9. The summed E-state index contributed by atoms with van der Waals surface area (Å²) in [6, 6.07) is 5.89. The zero-order valence-electron chi connectivity index (χ0n) is 8.18. The lowest BCUT2D eigenvalue weighted by Crippen LogP contribution is -2.27. The van der Waals surface area contributed by atoms with Gasteiger partial charge in [0.25, 0.3) is 0 Å². The van der Waals surface area contributed by atoms with Crippen LogP contribution >= 0.6 is 0 Å². The van der Waals surface area contributed by atoms with Crippen LogP contribution in [0, 0.1) is 0 Å². The van der Waals surface area contributed by atoms with Gasteiger partial charge < -0.3 is 5.73 Å². The largest absolute Gasteiger partial charge is 0.330 e. The van der Waals surface area contributed by atoms with Crippen molar-refractivity contribution in [1.29, 1.82) is 0 Å². The first kappa shape index (κ1) is 8.49. The maximum absolute atomic E-state index is 11.9. The molecular formula is C11H11N3O. The Morgan fingerprint density at radius 3 is 3.07 bits per heavy atom. The lowest BCUT2D eigenvalue weighted by Gasteiger charge is -2.07. The normalized spacial score (nSPS) is 13.7. The van der Waals surface area contributed by atoms with Gasteiger partial charge in [-0.1, -0.05) is 24.3 Å². The minimum atomic E-state index is -0.0238. The van der Waals surface area contributed by atoms with Crippen molar-refractivity contribution in [3.63, 3.8) is 0 Å². The standard InChI is InChI=1S/C11H11N3O/c12-7-14-9-5-1-3-8-4-2-6-13(10(8)9)11(14)15/h1-5H,6-7,12H2. The molecule has 2 aromatic rings. The summed E-state index contributed by atoms with van der Waals surface area (Å²) in [5.74, 6) is 0. The third-order valence-corrected chi connectivity index (χ3v) is 2.84. The summed E-state index contributed by atoms with van der Waals surface area (Å²) in [6.07, 6.45) is 4.03. The van der Waals surface area contributed by atoms with Crippen molar-refractivity contribution < 1.29 is 0 Å². The fourth-order valence-corrected chi connectivity index (χ4v) is 2.17. The average molecular weight is 201 g/mol. The number of allylic oxidation sites excluding steroid dienone is 1. The van der Waals surface area contributed by atoms with E-state index >= 15 is 0 Å². The molecule has 0 aliphatic carbocycles. The monoisotopic (exact) mass is 201 g/mol. The molecule has 0 saturated heterocycles. The number of nitrogens with two attached hydrogens (primary N) is 1. The zero-order chi connectivity index (χ0) is 10.4. The van der Waals surface area contributed by atoms with Gasteiger partial charge in [-0.2, -0.15) is 0 Å². The molecule has 0 unspecified atom stereocenters. The Hall–Kier alpha value is -1.81. The number of hydrogen-bond donors (Lipinski definition) is 1. The lowest BCUT2D eigenvalue weighted by atomic mass is 10.1. The van der Waals surface area contributed by atoms with E-state index in [0.29, 0.717) is 6.54 Å². The van der Waals surface area contributed by atoms with Gasteiger partial charge in [-0.3, -0.25) is 9.13 Å². The van der Waals surface area contributed by atoms with Crippen LogP contribution in [0.4, 0.5) is 0 Å². The average Bonchev–Trinajstić information content (AvgIpc) is 2.55. The molecule has 1 aromatic heterocycles. The fourth-order valence-electron chi connectivity index (χ4n) is 2.17. The van der Waals surface area contributed by atoms with Crippen LogP contribution in [0.5, 0.6) is 0 Å². The summed E-state index contributed by atoms with van der Waals surface area (Å²) in [6.45, 7) is 0.866. The Morgan fingerprint density at radius 2 is 2.27 bits per heavy atom. The van der Waals surface area contributed by atoms with E-state index in [1.165, 1.54) is 0 Å². The minimum Gasteiger partial charge on any atom is -0.313 e. The molecule has 1 aliphatic heterocycles. The SMILES string of the molecule is NCn1c(=O)n2c3c(cccc31)C=CC2. The Morgan fingerprint density at radius 1 is 1.40 bits per heavy atom. The first-order chi connectivity index (χ1) is 7.33. The molecule has 0 fully saturated rings. The molecule has 1 aromatic carbocycles. The lowest BCUT2D eigenvalue weighted by molar-refractivity contribution is 0.674. The van der Waals surface area contributed by atoms with Crippen molar-refractivity contribution in [2.75, 3.05) is 0 Å². The van der Waals surface area contributed by atoms with E-state index in [1.807, 2.05) is 30.4 Å². The third-order valence-electron chi connectivity index (χ3n) is 2.84. The van der Waals surface area contributed by atoms with Gasteiger partial charge in [0, 0.05) is 12.1 Å². The number of imidazole rings is 1. The van der Waals surface area contributed by atoms with Crippen molar-refractivity contribution in [1.82, 2.24) is 9.13 Å². The first-order valence-corrected chi connectivity index (χ1v) is 4.91. The van der Waals surface area contributed by atoms with E-state index in [9.17, 15) is 4.79 Å². The molecule has 2 heterocycles. The highest BCUT2D eigenvalue weighted by Gasteiger charge is 2.15. The highest BCUT2D eigenvalue weighted by atomic mass is 16.1. The number of rotatable bonds is 1. The van der Waals surface area contributed by atoms with Crippen LogP contribution in [0.15, 0.2) is 29.1 Å². The van der Waals surface area contributed by atoms with Gasteiger partial charge >= 0.3 is 5.69 Å². The second-order valence-electron chi connectivity index (χ2n) is 3.62. The van der Waals surface area contributed by atoms with Crippen LogP contribution in [0.25, 0.3) is 17.1 Å². The molecule has 0 spiro atoms. The maximum Gasteiger partial charge on any atom is 0.330 e. The van der Waals surface area contributed by atoms with Crippen LogP contribution in [0.3, 0.4) is 0 Å². The molecule has 4 heteroatoms. The molecule has 4 nitrogen and oxygen atoms in total. The summed E-state index contributed by atoms with van der Waals surface area (Å²) in [5, 5.41) is 0. The Bertz CT molecular complexity index is 619. The second kappa shape index (κ2) is 2.84. The quantitative estimate of drug-likeness (QED) is 0.740. The van der Waals surface area contributed by atoms with Crippen molar-refractivity contribution in [3.05, 3.63) is 40.3 Å². The molecule has 0 radical (unpaired) electrons. The maximum atomic E-state index is 11.9. The van der Waals surface area contributed by atoms with E-state index in [1.54, 1.807) is 9.13 Å². The Balaban J connectivity index is 2.57. The van der Waals surface area contributed by atoms with E-state index in [-0.39, 0.29) is 12.4 Å². The van der Waals surface area contributed by atoms with Gasteiger partial charge in [-0.25, -0.2) is 4.79 Å². The van der Waals surface area contributed by atoms with Gasteiger partial charge in [-0.05, 0) is 6.07 Å². The highest BCUT2D eigenvalue weighted by Crippen LogP contribution is 2.22. The number of nitrogens with zero attached hydrogens (tertiary/aromatic N) is 2. The number of benzene rings is 1. The number of aromatic nitrogens is 2. The summed E-state index contributed by atoms with van der Waals surface area (Å²) in [7, 11) is 0. The molecule has 0 amide bonds. The first-order valence-electron chi connectivity index (χ1n) is 4.91. The van der Waals surface area contributed by atoms with Crippen molar-refractivity contribution in [2.45, 2.75) is 13.2 Å². The molecule has 0 atom stereocenters. The van der Waals surface area contributed by atoms with Crippen molar-refractivity contribution >= 4 is 17.1 Å². The van der Waals surface area contributed by atoms with Gasteiger partial charge in [0.15, 0.2) is 0 Å². The van der Waals surface area contributed by atoms with E-state index in [2.05, 4.69) is 0 Å². The predicted octanol–water partition coefficient (Wildman–Crippen LogP) is 0.746. The van der Waals surface area contributed by atoms with Crippen molar-refractivity contribution in [2.24, 2.45) is 5.73 Å².